The molecule has 1 aliphatic rings. The summed E-state index contributed by atoms with van der Waals surface area (Å²) >= 11 is 3.37. The Labute approximate surface area is 115 Å². The molecule has 2 nitrogen and oxygen atoms in total. The monoisotopic (exact) mass is 313 g/mol. The third-order valence-electron chi connectivity index (χ3n) is 3.74. The van der Waals surface area contributed by atoms with Crippen molar-refractivity contribution in [3.8, 4) is 0 Å². The highest BCUT2D eigenvalue weighted by molar-refractivity contribution is 9.10. The lowest BCUT2D eigenvalue weighted by Crippen LogP contribution is -2.47. The Morgan fingerprint density at radius 3 is 2.94 bits per heavy atom. The van der Waals surface area contributed by atoms with Crippen LogP contribution in [0.15, 0.2) is 22.7 Å². The maximum absolute atomic E-state index is 13.2. The van der Waals surface area contributed by atoms with E-state index in [0.29, 0.717) is 0 Å². The van der Waals surface area contributed by atoms with E-state index in [1.807, 2.05) is 6.92 Å². The summed E-state index contributed by atoms with van der Waals surface area (Å²) in [4.78, 5) is 12.4. The van der Waals surface area contributed by atoms with Crippen molar-refractivity contribution >= 4 is 21.7 Å². The van der Waals surface area contributed by atoms with Gasteiger partial charge in [0, 0.05) is 10.9 Å². The number of halogens is 2. The molecular formula is C14H17BrFNO. The smallest absolute Gasteiger partial charge is 0.157 e. The van der Waals surface area contributed by atoms with Gasteiger partial charge in [-0.1, -0.05) is 22.9 Å². The van der Waals surface area contributed by atoms with Crippen LogP contribution in [0.4, 0.5) is 4.39 Å². The molecule has 1 saturated heterocycles. The van der Waals surface area contributed by atoms with Gasteiger partial charge >= 0.3 is 0 Å². The number of rotatable bonds is 4. The second-order valence-electron chi connectivity index (χ2n) is 4.80. The second kappa shape index (κ2) is 5.49. The predicted octanol–water partition coefficient (Wildman–Crippen LogP) is 3.23. The molecule has 1 fully saturated rings. The van der Waals surface area contributed by atoms with E-state index in [1.54, 1.807) is 6.07 Å². The van der Waals surface area contributed by atoms with Crippen LogP contribution in [-0.2, 0) is 11.2 Å². The largest absolute Gasteiger partial charge is 0.305 e. The van der Waals surface area contributed by atoms with Gasteiger partial charge in [0.05, 0.1) is 5.54 Å². The number of hydrogen-bond donors (Lipinski definition) is 1. The average Bonchev–Trinajstić information content (AvgIpc) is 2.84. The van der Waals surface area contributed by atoms with Crippen LogP contribution >= 0.6 is 15.9 Å². The van der Waals surface area contributed by atoms with Crippen molar-refractivity contribution in [2.75, 3.05) is 6.54 Å². The highest BCUT2D eigenvalue weighted by atomic mass is 79.9. The highest BCUT2D eigenvalue weighted by Crippen LogP contribution is 2.27. The Bertz CT molecular complexity index is 455. The standard InChI is InChI=1S/C14H17BrFNO/c1-2-14(6-3-7-17-14)13(18)9-10-8-11(16)4-5-12(10)15/h4-5,8,17H,2-3,6-7,9H2,1H3. The summed E-state index contributed by atoms with van der Waals surface area (Å²) in [6, 6.07) is 4.47. The molecule has 0 aliphatic carbocycles. The molecule has 0 aromatic heterocycles. The molecule has 4 heteroatoms. The molecule has 1 N–H and O–H groups in total. The van der Waals surface area contributed by atoms with Crippen molar-refractivity contribution < 1.29 is 9.18 Å². The Morgan fingerprint density at radius 1 is 1.56 bits per heavy atom. The van der Waals surface area contributed by atoms with Gasteiger partial charge in [0.1, 0.15) is 5.82 Å². The van der Waals surface area contributed by atoms with E-state index in [0.717, 1.165) is 35.8 Å². The lowest BCUT2D eigenvalue weighted by atomic mass is 9.86. The van der Waals surface area contributed by atoms with Crippen LogP contribution < -0.4 is 5.32 Å². The minimum absolute atomic E-state index is 0.161. The molecule has 0 radical (unpaired) electrons. The van der Waals surface area contributed by atoms with E-state index < -0.39 is 5.54 Å². The number of Topliss-reactive ketones (excluding diaryl/α,β-unsaturated/α-hetero) is 1. The molecule has 98 valence electrons. The third kappa shape index (κ3) is 2.64. The highest BCUT2D eigenvalue weighted by Gasteiger charge is 2.38. The number of benzene rings is 1. The molecule has 1 heterocycles. The van der Waals surface area contributed by atoms with Crippen LogP contribution in [0.5, 0.6) is 0 Å². The van der Waals surface area contributed by atoms with Crippen LogP contribution in [0.25, 0.3) is 0 Å². The van der Waals surface area contributed by atoms with Crippen molar-refractivity contribution in [2.24, 2.45) is 0 Å². The summed E-state index contributed by atoms with van der Waals surface area (Å²) in [6.07, 6.45) is 2.98. The molecule has 2 rings (SSSR count). The van der Waals surface area contributed by atoms with Crippen LogP contribution in [0, 0.1) is 5.82 Å². The topological polar surface area (TPSA) is 29.1 Å². The second-order valence-corrected chi connectivity index (χ2v) is 5.66. The summed E-state index contributed by atoms with van der Waals surface area (Å²) < 4.78 is 14.0. The summed E-state index contributed by atoms with van der Waals surface area (Å²) in [7, 11) is 0. The normalized spacial score (nSPS) is 23.3. The van der Waals surface area contributed by atoms with Crippen LogP contribution in [-0.4, -0.2) is 17.9 Å². The van der Waals surface area contributed by atoms with Gasteiger partial charge in [-0.25, -0.2) is 4.39 Å². The molecule has 0 spiro atoms. The zero-order valence-corrected chi connectivity index (χ0v) is 12.0. The fourth-order valence-corrected chi connectivity index (χ4v) is 2.95. The minimum Gasteiger partial charge on any atom is -0.305 e. The number of nitrogens with one attached hydrogen (secondary N) is 1. The van der Waals surface area contributed by atoms with Crippen molar-refractivity contribution in [2.45, 2.75) is 38.1 Å². The van der Waals surface area contributed by atoms with Gasteiger partial charge in [-0.3, -0.25) is 4.79 Å². The van der Waals surface area contributed by atoms with Crippen LogP contribution in [0.2, 0.25) is 0 Å². The first-order chi connectivity index (χ1) is 8.57. The van der Waals surface area contributed by atoms with E-state index in [9.17, 15) is 9.18 Å². The first-order valence-electron chi connectivity index (χ1n) is 6.29. The predicted molar refractivity (Wildman–Crippen MR) is 73.1 cm³/mol. The van der Waals surface area contributed by atoms with Gasteiger partial charge in [-0.05, 0) is 49.6 Å². The van der Waals surface area contributed by atoms with E-state index in [-0.39, 0.29) is 18.0 Å². The number of carbonyl (C=O) groups excluding carboxylic acids is 1. The molecule has 1 aromatic rings. The molecule has 0 bridgehead atoms. The van der Waals surface area contributed by atoms with Gasteiger partial charge < -0.3 is 5.32 Å². The fraction of sp³-hybridized carbons (Fsp3) is 0.500. The molecule has 1 unspecified atom stereocenters. The zero-order valence-electron chi connectivity index (χ0n) is 10.4. The average molecular weight is 314 g/mol. The maximum atomic E-state index is 13.2. The van der Waals surface area contributed by atoms with Gasteiger partial charge in [0.15, 0.2) is 5.78 Å². The van der Waals surface area contributed by atoms with Crippen molar-refractivity contribution in [1.82, 2.24) is 5.32 Å². The first kappa shape index (κ1) is 13.7. The quantitative estimate of drug-likeness (QED) is 0.924. The van der Waals surface area contributed by atoms with Crippen LogP contribution in [0.3, 0.4) is 0 Å². The number of hydrogen-bond acceptors (Lipinski definition) is 2. The van der Waals surface area contributed by atoms with Gasteiger partial charge in [0.2, 0.25) is 0 Å². The molecule has 0 amide bonds. The molecular weight excluding hydrogens is 297 g/mol. The third-order valence-corrected chi connectivity index (χ3v) is 4.51. The zero-order chi connectivity index (χ0) is 13.2. The lowest BCUT2D eigenvalue weighted by Gasteiger charge is -2.26. The summed E-state index contributed by atoms with van der Waals surface area (Å²) in [5, 5.41) is 3.32. The van der Waals surface area contributed by atoms with Crippen molar-refractivity contribution in [3.05, 3.63) is 34.1 Å². The van der Waals surface area contributed by atoms with Gasteiger partial charge in [-0.15, -0.1) is 0 Å². The molecule has 1 aromatic carbocycles. The van der Waals surface area contributed by atoms with Crippen LogP contribution in [0.1, 0.15) is 31.7 Å². The minimum atomic E-state index is -0.397. The van der Waals surface area contributed by atoms with Gasteiger partial charge in [-0.2, -0.15) is 0 Å². The number of ketones is 1. The van der Waals surface area contributed by atoms with E-state index in [4.69, 9.17) is 0 Å². The summed E-state index contributed by atoms with van der Waals surface area (Å²) in [5.41, 5.74) is 0.327. The van der Waals surface area contributed by atoms with Crippen molar-refractivity contribution in [1.29, 1.82) is 0 Å². The molecule has 0 saturated carbocycles. The Balaban J connectivity index is 2.18. The first-order valence-corrected chi connectivity index (χ1v) is 7.09. The molecule has 18 heavy (non-hydrogen) atoms. The van der Waals surface area contributed by atoms with E-state index >= 15 is 0 Å². The Morgan fingerprint density at radius 2 is 2.33 bits per heavy atom. The Hall–Kier alpha value is -0.740. The molecule has 1 atom stereocenters. The summed E-state index contributed by atoms with van der Waals surface area (Å²) in [6.45, 7) is 2.92. The van der Waals surface area contributed by atoms with E-state index in [1.165, 1.54) is 12.1 Å². The summed E-state index contributed by atoms with van der Waals surface area (Å²) in [5.74, 6) is -0.139. The molecule has 1 aliphatic heterocycles. The van der Waals surface area contributed by atoms with Crippen molar-refractivity contribution in [3.63, 3.8) is 0 Å². The fourth-order valence-electron chi connectivity index (χ4n) is 2.56. The lowest BCUT2D eigenvalue weighted by molar-refractivity contribution is -0.124. The SMILES string of the molecule is CCC1(C(=O)Cc2cc(F)ccc2Br)CCCN1. The maximum Gasteiger partial charge on any atom is 0.157 e. The van der Waals surface area contributed by atoms with Gasteiger partial charge in [0.25, 0.3) is 0 Å². The van der Waals surface area contributed by atoms with E-state index in [2.05, 4.69) is 21.2 Å². The Kier molecular flexibility index (Phi) is 4.17. The number of carbonyl (C=O) groups is 1.